The average molecular weight is 303 g/mol. The Morgan fingerprint density at radius 2 is 1.23 bits per heavy atom. The van der Waals surface area contributed by atoms with Gasteiger partial charge in [0.2, 0.25) is 0 Å². The van der Waals surface area contributed by atoms with Gasteiger partial charge in [0.05, 0.1) is 0 Å². The largest absolute Gasteiger partial charge is 0.0856 e. The van der Waals surface area contributed by atoms with E-state index in [-0.39, 0.29) is 0 Å². The van der Waals surface area contributed by atoms with Crippen molar-refractivity contribution in [2.45, 2.75) is 87.0 Å². The molecule has 0 bridgehead atoms. The molecule has 0 amide bonds. The zero-order valence-corrected chi connectivity index (χ0v) is 16.1. The Kier molecular flexibility index (Phi) is 11.9. The summed E-state index contributed by atoms with van der Waals surface area (Å²) in [6.45, 7) is 15.6. The van der Waals surface area contributed by atoms with Gasteiger partial charge >= 0.3 is 0 Å². The second-order valence-electron chi connectivity index (χ2n) is 7.11. The molecule has 0 saturated heterocycles. The first-order valence-electron chi connectivity index (χ1n) is 8.94. The lowest BCUT2D eigenvalue weighted by Gasteiger charge is -2.10. The smallest absolute Gasteiger partial charge is 0.0199 e. The summed E-state index contributed by atoms with van der Waals surface area (Å²) in [4.78, 5) is 0. The lowest BCUT2D eigenvalue weighted by atomic mass is 9.96. The average Bonchev–Trinajstić information content (AvgIpc) is 2.42. The van der Waals surface area contributed by atoms with Gasteiger partial charge in [0.25, 0.3) is 0 Å². The van der Waals surface area contributed by atoms with Crippen LogP contribution in [0.1, 0.15) is 87.0 Å². The van der Waals surface area contributed by atoms with E-state index in [2.05, 4.69) is 72.8 Å². The van der Waals surface area contributed by atoms with Crippen molar-refractivity contribution in [1.29, 1.82) is 0 Å². The summed E-state index contributed by atoms with van der Waals surface area (Å²) in [6.07, 6.45) is 16.8. The van der Waals surface area contributed by atoms with Crippen molar-refractivity contribution in [3.05, 3.63) is 46.6 Å². The summed E-state index contributed by atoms with van der Waals surface area (Å²) in [7, 11) is 0. The van der Waals surface area contributed by atoms with Crippen molar-refractivity contribution in [2.24, 2.45) is 5.92 Å². The van der Waals surface area contributed by atoms with E-state index in [4.69, 9.17) is 0 Å². The third-order valence-corrected chi connectivity index (χ3v) is 4.00. The van der Waals surface area contributed by atoms with E-state index in [1.165, 1.54) is 55.2 Å². The minimum Gasteiger partial charge on any atom is -0.0856 e. The predicted octanol–water partition coefficient (Wildman–Crippen LogP) is 7.79. The van der Waals surface area contributed by atoms with Crippen LogP contribution < -0.4 is 0 Å². The van der Waals surface area contributed by atoms with Gasteiger partial charge in [-0.15, -0.1) is 0 Å². The lowest BCUT2D eigenvalue weighted by molar-refractivity contribution is 0.627. The lowest BCUT2D eigenvalue weighted by Crippen LogP contribution is -1.95. The van der Waals surface area contributed by atoms with Gasteiger partial charge in [-0.3, -0.25) is 0 Å². The van der Waals surface area contributed by atoms with Gasteiger partial charge in [-0.05, 0) is 86.0 Å². The fourth-order valence-corrected chi connectivity index (χ4v) is 2.47. The molecule has 0 N–H and O–H groups in total. The topological polar surface area (TPSA) is 0 Å². The van der Waals surface area contributed by atoms with Gasteiger partial charge < -0.3 is 0 Å². The number of allylic oxidation sites excluding steroid dienone is 8. The molecule has 0 aromatic carbocycles. The quantitative estimate of drug-likeness (QED) is 0.361. The molecule has 0 heteroatoms. The van der Waals surface area contributed by atoms with Crippen LogP contribution in [0.5, 0.6) is 0 Å². The molecule has 0 radical (unpaired) electrons. The molecular weight excluding hydrogens is 264 g/mol. The zero-order chi connectivity index (χ0) is 17.0. The molecular formula is C22H38. The number of rotatable bonds is 10. The minimum absolute atomic E-state index is 0.699. The third kappa shape index (κ3) is 12.7. The first kappa shape index (κ1) is 21.0. The Bertz CT molecular complexity index is 407. The number of hydrogen-bond acceptors (Lipinski definition) is 0. The van der Waals surface area contributed by atoms with Gasteiger partial charge in [-0.2, -0.15) is 0 Å². The predicted molar refractivity (Wildman–Crippen MR) is 103 cm³/mol. The Balaban J connectivity index is 4.34. The highest BCUT2D eigenvalue weighted by Gasteiger charge is 2.02. The fourth-order valence-electron chi connectivity index (χ4n) is 2.47. The van der Waals surface area contributed by atoms with Crippen LogP contribution in [0.3, 0.4) is 0 Å². The van der Waals surface area contributed by atoms with Crippen molar-refractivity contribution in [1.82, 2.24) is 0 Å². The summed E-state index contributed by atoms with van der Waals surface area (Å²) in [5.74, 6) is 0.699. The Morgan fingerprint density at radius 1 is 0.727 bits per heavy atom. The van der Waals surface area contributed by atoms with Crippen LogP contribution in [0.4, 0.5) is 0 Å². The molecule has 0 aliphatic rings. The van der Waals surface area contributed by atoms with Crippen LogP contribution in [0.25, 0.3) is 0 Å². The maximum atomic E-state index is 2.50. The highest BCUT2D eigenvalue weighted by molar-refractivity contribution is 5.08. The third-order valence-electron chi connectivity index (χ3n) is 4.00. The van der Waals surface area contributed by atoms with E-state index in [0.717, 1.165) is 0 Å². The standard InChI is InChI=1S/C22H38/c1-8-22(17-21(7)14-10-12-19(4)5)16-15-20(6)13-9-11-18(2)3/h11-12,15,17,22H,8-10,13-14,16H2,1-7H3/b20-15+,21-17+. The van der Waals surface area contributed by atoms with E-state index in [1.807, 2.05) is 0 Å². The molecule has 1 atom stereocenters. The van der Waals surface area contributed by atoms with E-state index in [1.54, 1.807) is 5.57 Å². The summed E-state index contributed by atoms with van der Waals surface area (Å²) >= 11 is 0. The molecule has 0 saturated carbocycles. The molecule has 126 valence electrons. The maximum absolute atomic E-state index is 2.50. The zero-order valence-electron chi connectivity index (χ0n) is 16.1. The normalized spacial score (nSPS) is 13.8. The SMILES string of the molecule is CCC(/C=C(\C)CCC=C(C)C)C/C=C(\C)CCC=C(C)C. The Hall–Kier alpha value is -1.04. The van der Waals surface area contributed by atoms with E-state index < -0.39 is 0 Å². The van der Waals surface area contributed by atoms with Crippen molar-refractivity contribution < 1.29 is 0 Å². The second kappa shape index (κ2) is 12.5. The first-order valence-corrected chi connectivity index (χ1v) is 8.94. The summed E-state index contributed by atoms with van der Waals surface area (Å²) in [5, 5.41) is 0. The van der Waals surface area contributed by atoms with E-state index >= 15 is 0 Å². The molecule has 0 aromatic rings. The summed E-state index contributed by atoms with van der Waals surface area (Å²) in [6, 6.07) is 0. The van der Waals surface area contributed by atoms with Crippen molar-refractivity contribution >= 4 is 0 Å². The van der Waals surface area contributed by atoms with Crippen LogP contribution in [0, 0.1) is 5.92 Å². The summed E-state index contributed by atoms with van der Waals surface area (Å²) in [5.41, 5.74) is 5.93. The van der Waals surface area contributed by atoms with Gasteiger partial charge in [-0.1, -0.05) is 53.5 Å². The highest BCUT2D eigenvalue weighted by Crippen LogP contribution is 2.18. The summed E-state index contributed by atoms with van der Waals surface area (Å²) < 4.78 is 0. The van der Waals surface area contributed by atoms with Gasteiger partial charge in [-0.25, -0.2) is 0 Å². The first-order chi connectivity index (χ1) is 10.3. The fraction of sp³-hybridized carbons (Fsp3) is 0.636. The van der Waals surface area contributed by atoms with E-state index in [0.29, 0.717) is 5.92 Å². The Labute approximate surface area is 140 Å². The van der Waals surface area contributed by atoms with Crippen LogP contribution in [-0.4, -0.2) is 0 Å². The van der Waals surface area contributed by atoms with Gasteiger partial charge in [0.1, 0.15) is 0 Å². The van der Waals surface area contributed by atoms with Gasteiger partial charge in [0.15, 0.2) is 0 Å². The molecule has 1 unspecified atom stereocenters. The van der Waals surface area contributed by atoms with Crippen LogP contribution in [-0.2, 0) is 0 Å². The maximum Gasteiger partial charge on any atom is -0.0199 e. The molecule has 0 aliphatic carbocycles. The monoisotopic (exact) mass is 302 g/mol. The van der Waals surface area contributed by atoms with Crippen LogP contribution in [0.15, 0.2) is 46.6 Å². The van der Waals surface area contributed by atoms with E-state index in [9.17, 15) is 0 Å². The molecule has 0 fully saturated rings. The van der Waals surface area contributed by atoms with Crippen LogP contribution in [0.2, 0.25) is 0 Å². The van der Waals surface area contributed by atoms with Crippen molar-refractivity contribution in [2.75, 3.05) is 0 Å². The molecule has 0 aromatic heterocycles. The van der Waals surface area contributed by atoms with Crippen molar-refractivity contribution in [3.63, 3.8) is 0 Å². The van der Waals surface area contributed by atoms with Gasteiger partial charge in [0, 0.05) is 0 Å². The molecule has 22 heavy (non-hydrogen) atoms. The molecule has 0 spiro atoms. The minimum atomic E-state index is 0.699. The highest BCUT2D eigenvalue weighted by atomic mass is 14.1. The number of hydrogen-bond donors (Lipinski definition) is 0. The Morgan fingerprint density at radius 3 is 1.68 bits per heavy atom. The van der Waals surface area contributed by atoms with Crippen LogP contribution >= 0.6 is 0 Å². The van der Waals surface area contributed by atoms with Crippen molar-refractivity contribution in [3.8, 4) is 0 Å². The molecule has 0 heterocycles. The second-order valence-corrected chi connectivity index (χ2v) is 7.11. The molecule has 0 nitrogen and oxygen atoms in total. The molecule has 0 aliphatic heterocycles. The molecule has 0 rings (SSSR count).